The number of rotatable bonds is 6. The van der Waals surface area contributed by atoms with E-state index in [0.29, 0.717) is 12.1 Å². The van der Waals surface area contributed by atoms with Crippen LogP contribution in [0.1, 0.15) is 29.3 Å². The predicted octanol–water partition coefficient (Wildman–Crippen LogP) is 3.60. The number of hydrogen-bond acceptors (Lipinski definition) is 3. The third-order valence-electron chi connectivity index (χ3n) is 3.03. The van der Waals surface area contributed by atoms with E-state index < -0.39 is 0 Å². The molecule has 2 N–H and O–H groups in total. The van der Waals surface area contributed by atoms with Crippen molar-refractivity contribution in [3.63, 3.8) is 0 Å². The SMILES string of the molecule is CCCNc1ccncc1C(=O)NCc1ccccc1Br. The standard InChI is InChI=1S/C16H18BrN3O/c1-2-8-19-15-7-9-18-11-13(15)16(21)20-10-12-5-3-4-6-14(12)17/h3-7,9,11H,2,8,10H2,1H3,(H,18,19)(H,20,21). The van der Waals surface area contributed by atoms with Crippen molar-refractivity contribution >= 4 is 27.5 Å². The fourth-order valence-electron chi connectivity index (χ4n) is 1.90. The maximum atomic E-state index is 12.3. The van der Waals surface area contributed by atoms with E-state index in [9.17, 15) is 4.79 Å². The Labute approximate surface area is 133 Å². The summed E-state index contributed by atoms with van der Waals surface area (Å²) in [4.78, 5) is 16.3. The number of anilines is 1. The minimum Gasteiger partial charge on any atom is -0.384 e. The molecule has 0 spiro atoms. The summed E-state index contributed by atoms with van der Waals surface area (Å²) < 4.78 is 0.987. The number of aromatic nitrogens is 1. The molecule has 1 amide bonds. The highest BCUT2D eigenvalue weighted by molar-refractivity contribution is 9.10. The van der Waals surface area contributed by atoms with E-state index in [-0.39, 0.29) is 5.91 Å². The van der Waals surface area contributed by atoms with Crippen LogP contribution in [0, 0.1) is 0 Å². The molecule has 0 aliphatic rings. The Bertz CT molecular complexity index is 616. The molecule has 1 heterocycles. The molecule has 1 aromatic heterocycles. The zero-order valence-corrected chi connectivity index (χ0v) is 13.5. The van der Waals surface area contributed by atoms with E-state index in [1.165, 1.54) is 0 Å². The molecule has 0 atom stereocenters. The number of carbonyl (C=O) groups is 1. The quantitative estimate of drug-likeness (QED) is 0.839. The highest BCUT2D eigenvalue weighted by atomic mass is 79.9. The molecule has 0 aliphatic heterocycles. The molecule has 0 bridgehead atoms. The topological polar surface area (TPSA) is 54.0 Å². The molecule has 0 aliphatic carbocycles. The summed E-state index contributed by atoms with van der Waals surface area (Å²) in [7, 11) is 0. The van der Waals surface area contributed by atoms with Crippen LogP contribution in [0.25, 0.3) is 0 Å². The van der Waals surface area contributed by atoms with Gasteiger partial charge in [0.1, 0.15) is 0 Å². The van der Waals surface area contributed by atoms with Crippen molar-refractivity contribution < 1.29 is 4.79 Å². The first-order valence-electron chi connectivity index (χ1n) is 6.92. The molecule has 4 nitrogen and oxygen atoms in total. The molecule has 1 aromatic carbocycles. The molecular weight excluding hydrogens is 330 g/mol. The molecule has 0 fully saturated rings. The minimum absolute atomic E-state index is 0.127. The van der Waals surface area contributed by atoms with Gasteiger partial charge in [-0.15, -0.1) is 0 Å². The van der Waals surface area contributed by atoms with Crippen LogP contribution < -0.4 is 10.6 Å². The minimum atomic E-state index is -0.127. The van der Waals surface area contributed by atoms with Gasteiger partial charge in [0.25, 0.3) is 5.91 Å². The number of pyridine rings is 1. The normalized spacial score (nSPS) is 10.2. The van der Waals surface area contributed by atoms with Gasteiger partial charge in [-0.1, -0.05) is 41.1 Å². The maximum Gasteiger partial charge on any atom is 0.255 e. The number of amides is 1. The largest absolute Gasteiger partial charge is 0.384 e. The van der Waals surface area contributed by atoms with Crippen molar-refractivity contribution in [3.05, 3.63) is 58.3 Å². The van der Waals surface area contributed by atoms with Crippen molar-refractivity contribution in [2.45, 2.75) is 19.9 Å². The highest BCUT2D eigenvalue weighted by Crippen LogP contribution is 2.17. The van der Waals surface area contributed by atoms with E-state index in [1.807, 2.05) is 30.3 Å². The molecule has 0 radical (unpaired) electrons. The Hall–Kier alpha value is -1.88. The van der Waals surface area contributed by atoms with Crippen molar-refractivity contribution in [1.82, 2.24) is 10.3 Å². The van der Waals surface area contributed by atoms with Crippen molar-refractivity contribution in [1.29, 1.82) is 0 Å². The average Bonchev–Trinajstić information content (AvgIpc) is 2.52. The van der Waals surface area contributed by atoms with Crippen LogP contribution in [-0.2, 0) is 6.54 Å². The van der Waals surface area contributed by atoms with Gasteiger partial charge in [0.2, 0.25) is 0 Å². The second-order valence-corrected chi connectivity index (χ2v) is 5.48. The van der Waals surface area contributed by atoms with Gasteiger partial charge in [-0.25, -0.2) is 0 Å². The second-order valence-electron chi connectivity index (χ2n) is 4.62. The van der Waals surface area contributed by atoms with Gasteiger partial charge in [0.05, 0.1) is 11.3 Å². The third kappa shape index (κ3) is 4.29. The number of hydrogen-bond donors (Lipinski definition) is 2. The molecule has 110 valence electrons. The highest BCUT2D eigenvalue weighted by Gasteiger charge is 2.11. The predicted molar refractivity (Wildman–Crippen MR) is 88.3 cm³/mol. The Balaban J connectivity index is 2.05. The number of benzene rings is 1. The first kappa shape index (κ1) is 15.5. The molecule has 0 unspecified atom stereocenters. The van der Waals surface area contributed by atoms with Gasteiger partial charge in [0.15, 0.2) is 0 Å². The van der Waals surface area contributed by atoms with E-state index >= 15 is 0 Å². The number of carbonyl (C=O) groups excluding carboxylic acids is 1. The molecule has 0 saturated heterocycles. The van der Waals surface area contributed by atoms with Gasteiger partial charge >= 0.3 is 0 Å². The Morgan fingerprint density at radius 2 is 2.10 bits per heavy atom. The zero-order valence-electron chi connectivity index (χ0n) is 11.9. The molecule has 2 rings (SSSR count). The fourth-order valence-corrected chi connectivity index (χ4v) is 2.33. The summed E-state index contributed by atoms with van der Waals surface area (Å²) in [5, 5.41) is 6.17. The van der Waals surface area contributed by atoms with Crippen LogP contribution >= 0.6 is 15.9 Å². The Morgan fingerprint density at radius 1 is 1.29 bits per heavy atom. The van der Waals surface area contributed by atoms with Crippen LogP contribution in [0.15, 0.2) is 47.2 Å². The van der Waals surface area contributed by atoms with E-state index in [4.69, 9.17) is 0 Å². The lowest BCUT2D eigenvalue weighted by Crippen LogP contribution is -2.24. The molecule has 5 heteroatoms. The van der Waals surface area contributed by atoms with Gasteiger partial charge in [0, 0.05) is 30.0 Å². The van der Waals surface area contributed by atoms with Crippen LogP contribution in [-0.4, -0.2) is 17.4 Å². The number of halogens is 1. The van der Waals surface area contributed by atoms with E-state index in [2.05, 4.69) is 38.5 Å². The average molecular weight is 348 g/mol. The summed E-state index contributed by atoms with van der Waals surface area (Å²) in [5.41, 5.74) is 2.42. The number of nitrogens with one attached hydrogen (secondary N) is 2. The summed E-state index contributed by atoms with van der Waals surface area (Å²) in [6.07, 6.45) is 4.27. The van der Waals surface area contributed by atoms with Crippen LogP contribution in [0.3, 0.4) is 0 Å². The van der Waals surface area contributed by atoms with Gasteiger partial charge < -0.3 is 10.6 Å². The lowest BCUT2D eigenvalue weighted by Gasteiger charge is -2.11. The summed E-state index contributed by atoms with van der Waals surface area (Å²) in [6, 6.07) is 9.65. The lowest BCUT2D eigenvalue weighted by molar-refractivity contribution is 0.0951. The van der Waals surface area contributed by atoms with Crippen LogP contribution in [0.5, 0.6) is 0 Å². The van der Waals surface area contributed by atoms with E-state index in [0.717, 1.165) is 28.7 Å². The smallest absolute Gasteiger partial charge is 0.255 e. The molecule has 21 heavy (non-hydrogen) atoms. The van der Waals surface area contributed by atoms with Crippen molar-refractivity contribution in [3.8, 4) is 0 Å². The van der Waals surface area contributed by atoms with Gasteiger partial charge in [-0.2, -0.15) is 0 Å². The second kappa shape index (κ2) is 7.78. The van der Waals surface area contributed by atoms with Gasteiger partial charge in [-0.3, -0.25) is 9.78 Å². The summed E-state index contributed by atoms with van der Waals surface area (Å²) in [5.74, 6) is -0.127. The first-order chi connectivity index (χ1) is 10.2. The maximum absolute atomic E-state index is 12.3. The Kier molecular flexibility index (Phi) is 5.75. The first-order valence-corrected chi connectivity index (χ1v) is 7.71. The van der Waals surface area contributed by atoms with Crippen LogP contribution in [0.2, 0.25) is 0 Å². The molecule has 0 saturated carbocycles. The fraction of sp³-hybridized carbons (Fsp3) is 0.250. The van der Waals surface area contributed by atoms with Gasteiger partial charge in [-0.05, 0) is 24.1 Å². The number of nitrogens with zero attached hydrogens (tertiary/aromatic N) is 1. The zero-order chi connectivity index (χ0) is 15.1. The lowest BCUT2D eigenvalue weighted by atomic mass is 10.2. The molecule has 2 aromatic rings. The monoisotopic (exact) mass is 347 g/mol. The Morgan fingerprint density at radius 3 is 2.86 bits per heavy atom. The van der Waals surface area contributed by atoms with Crippen LogP contribution in [0.4, 0.5) is 5.69 Å². The molecular formula is C16H18BrN3O. The van der Waals surface area contributed by atoms with Crippen molar-refractivity contribution in [2.75, 3.05) is 11.9 Å². The summed E-state index contributed by atoms with van der Waals surface area (Å²) >= 11 is 3.48. The van der Waals surface area contributed by atoms with E-state index in [1.54, 1.807) is 12.4 Å². The summed E-state index contributed by atoms with van der Waals surface area (Å²) in [6.45, 7) is 3.39. The third-order valence-corrected chi connectivity index (χ3v) is 3.80. The van der Waals surface area contributed by atoms with Crippen molar-refractivity contribution in [2.24, 2.45) is 0 Å².